The Hall–Kier alpha value is -0.580. The van der Waals surface area contributed by atoms with Gasteiger partial charge in [0.05, 0.1) is 0 Å². The Kier molecular flexibility index (Phi) is 6.55. The lowest BCUT2D eigenvalue weighted by molar-refractivity contribution is 0.303. The third-order valence-electron chi connectivity index (χ3n) is 2.52. The van der Waals surface area contributed by atoms with E-state index >= 15 is 0 Å². The highest BCUT2D eigenvalue weighted by molar-refractivity contribution is 6.32. The molecule has 1 aromatic rings. The van der Waals surface area contributed by atoms with Crippen LogP contribution in [0.15, 0.2) is 6.07 Å². The quantitative estimate of drug-likeness (QED) is 0.472. The predicted octanol–water partition coefficient (Wildman–Crippen LogP) is 2.93. The SMILES string of the molecule is CCN(CC)CCCNc1cc(Cl)nc(Cl)n1. The average molecular weight is 277 g/mol. The second kappa shape index (κ2) is 7.69. The maximum atomic E-state index is 5.77. The molecule has 96 valence electrons. The summed E-state index contributed by atoms with van der Waals surface area (Å²) in [7, 11) is 0. The summed E-state index contributed by atoms with van der Waals surface area (Å²) >= 11 is 11.5. The van der Waals surface area contributed by atoms with E-state index < -0.39 is 0 Å². The third-order valence-corrected chi connectivity index (χ3v) is 2.88. The van der Waals surface area contributed by atoms with Crippen molar-refractivity contribution in [3.8, 4) is 0 Å². The van der Waals surface area contributed by atoms with Crippen LogP contribution in [0.5, 0.6) is 0 Å². The van der Waals surface area contributed by atoms with E-state index in [0.717, 1.165) is 32.6 Å². The first-order valence-corrected chi connectivity index (χ1v) is 6.57. The molecular formula is C11H18Cl2N4. The van der Waals surface area contributed by atoms with Crippen LogP contribution in [-0.2, 0) is 0 Å². The van der Waals surface area contributed by atoms with Gasteiger partial charge < -0.3 is 10.2 Å². The summed E-state index contributed by atoms with van der Waals surface area (Å²) < 4.78 is 0. The highest BCUT2D eigenvalue weighted by atomic mass is 35.5. The van der Waals surface area contributed by atoms with Crippen LogP contribution in [0, 0.1) is 0 Å². The molecule has 1 N–H and O–H groups in total. The second-order valence-electron chi connectivity index (χ2n) is 3.65. The van der Waals surface area contributed by atoms with E-state index in [0.29, 0.717) is 11.0 Å². The zero-order chi connectivity index (χ0) is 12.7. The molecule has 1 heterocycles. The van der Waals surface area contributed by atoms with Crippen molar-refractivity contribution in [3.05, 3.63) is 16.5 Å². The topological polar surface area (TPSA) is 41.0 Å². The standard InChI is InChI=1S/C11H18Cl2N4/c1-3-17(4-2)7-5-6-14-10-8-9(12)15-11(13)16-10/h8H,3-7H2,1-2H3,(H,14,15,16). The normalized spacial score (nSPS) is 10.9. The van der Waals surface area contributed by atoms with E-state index in [-0.39, 0.29) is 5.28 Å². The first-order chi connectivity index (χ1) is 8.15. The first kappa shape index (κ1) is 14.5. The molecule has 1 aromatic heterocycles. The maximum Gasteiger partial charge on any atom is 0.225 e. The molecule has 1 rings (SSSR count). The van der Waals surface area contributed by atoms with Crippen LogP contribution in [-0.4, -0.2) is 41.0 Å². The first-order valence-electron chi connectivity index (χ1n) is 5.82. The van der Waals surface area contributed by atoms with Crippen LogP contribution in [0.2, 0.25) is 10.4 Å². The number of hydrogen-bond donors (Lipinski definition) is 1. The van der Waals surface area contributed by atoms with Gasteiger partial charge in [0.2, 0.25) is 5.28 Å². The van der Waals surface area contributed by atoms with Gasteiger partial charge in [-0.1, -0.05) is 25.4 Å². The maximum absolute atomic E-state index is 5.77. The zero-order valence-electron chi connectivity index (χ0n) is 10.2. The Labute approximate surface area is 112 Å². The molecular weight excluding hydrogens is 259 g/mol. The summed E-state index contributed by atoms with van der Waals surface area (Å²) in [5.41, 5.74) is 0. The number of nitrogens with one attached hydrogen (secondary N) is 1. The second-order valence-corrected chi connectivity index (χ2v) is 4.38. The third kappa shape index (κ3) is 5.52. The van der Waals surface area contributed by atoms with Crippen molar-refractivity contribution in [1.82, 2.24) is 14.9 Å². The van der Waals surface area contributed by atoms with E-state index in [1.165, 1.54) is 0 Å². The Morgan fingerprint density at radius 1 is 1.24 bits per heavy atom. The van der Waals surface area contributed by atoms with Gasteiger partial charge in [0.15, 0.2) is 0 Å². The van der Waals surface area contributed by atoms with Gasteiger partial charge in [-0.05, 0) is 37.7 Å². The van der Waals surface area contributed by atoms with Crippen molar-refractivity contribution in [1.29, 1.82) is 0 Å². The Balaban J connectivity index is 2.31. The molecule has 0 amide bonds. The van der Waals surface area contributed by atoms with Crippen molar-refractivity contribution in [2.75, 3.05) is 31.5 Å². The van der Waals surface area contributed by atoms with E-state index in [9.17, 15) is 0 Å². The van der Waals surface area contributed by atoms with Crippen molar-refractivity contribution < 1.29 is 0 Å². The van der Waals surface area contributed by atoms with Crippen LogP contribution in [0.4, 0.5) is 5.82 Å². The number of hydrogen-bond acceptors (Lipinski definition) is 4. The summed E-state index contributed by atoms with van der Waals surface area (Å²) in [5, 5.41) is 3.71. The molecule has 0 unspecified atom stereocenters. The molecule has 0 saturated carbocycles. The molecule has 0 radical (unpaired) electrons. The van der Waals surface area contributed by atoms with Crippen LogP contribution >= 0.6 is 23.2 Å². The fourth-order valence-corrected chi connectivity index (χ4v) is 1.95. The Bertz CT molecular complexity index is 322. The summed E-state index contributed by atoms with van der Waals surface area (Å²) in [6, 6.07) is 1.67. The number of halogens is 2. The molecule has 0 atom stereocenters. The fraction of sp³-hybridized carbons (Fsp3) is 0.636. The lowest BCUT2D eigenvalue weighted by Gasteiger charge is -2.17. The molecule has 0 fully saturated rings. The van der Waals surface area contributed by atoms with Gasteiger partial charge in [-0.3, -0.25) is 0 Å². The van der Waals surface area contributed by atoms with Gasteiger partial charge >= 0.3 is 0 Å². The minimum absolute atomic E-state index is 0.170. The Morgan fingerprint density at radius 2 is 1.94 bits per heavy atom. The smallest absolute Gasteiger partial charge is 0.225 e. The summed E-state index contributed by atoms with van der Waals surface area (Å²) in [5.74, 6) is 0.676. The van der Waals surface area contributed by atoms with E-state index in [1.807, 2.05) is 0 Å². The van der Waals surface area contributed by atoms with Gasteiger partial charge in [0.1, 0.15) is 11.0 Å². The summed E-state index contributed by atoms with van der Waals surface area (Å²) in [6.07, 6.45) is 1.06. The molecule has 0 spiro atoms. The van der Waals surface area contributed by atoms with E-state index in [1.54, 1.807) is 6.07 Å². The average Bonchev–Trinajstić information content (AvgIpc) is 2.28. The number of aromatic nitrogens is 2. The molecule has 0 aromatic carbocycles. The molecule has 4 nitrogen and oxygen atoms in total. The number of rotatable bonds is 7. The van der Waals surface area contributed by atoms with Crippen molar-refractivity contribution in [3.63, 3.8) is 0 Å². The zero-order valence-corrected chi connectivity index (χ0v) is 11.7. The Morgan fingerprint density at radius 3 is 2.53 bits per heavy atom. The monoisotopic (exact) mass is 276 g/mol. The van der Waals surface area contributed by atoms with Crippen LogP contribution in [0.1, 0.15) is 20.3 Å². The van der Waals surface area contributed by atoms with Crippen molar-refractivity contribution in [2.24, 2.45) is 0 Å². The number of nitrogens with zero attached hydrogens (tertiary/aromatic N) is 3. The van der Waals surface area contributed by atoms with Crippen LogP contribution in [0.3, 0.4) is 0 Å². The molecule has 0 aliphatic rings. The lowest BCUT2D eigenvalue weighted by Crippen LogP contribution is -2.25. The summed E-state index contributed by atoms with van der Waals surface area (Å²) in [4.78, 5) is 10.2. The fourth-order valence-electron chi connectivity index (χ4n) is 1.54. The van der Waals surface area contributed by atoms with Crippen LogP contribution < -0.4 is 5.32 Å². The van der Waals surface area contributed by atoms with E-state index in [4.69, 9.17) is 23.2 Å². The van der Waals surface area contributed by atoms with E-state index in [2.05, 4.69) is 34.0 Å². The van der Waals surface area contributed by atoms with Crippen LogP contribution in [0.25, 0.3) is 0 Å². The van der Waals surface area contributed by atoms with Gasteiger partial charge in [0.25, 0.3) is 0 Å². The molecule has 0 aliphatic carbocycles. The molecule has 0 saturated heterocycles. The minimum Gasteiger partial charge on any atom is -0.370 e. The minimum atomic E-state index is 0.170. The molecule has 0 aliphatic heterocycles. The highest BCUT2D eigenvalue weighted by Crippen LogP contribution is 2.14. The predicted molar refractivity (Wildman–Crippen MR) is 72.9 cm³/mol. The van der Waals surface area contributed by atoms with Gasteiger partial charge in [-0.15, -0.1) is 0 Å². The largest absolute Gasteiger partial charge is 0.370 e. The number of anilines is 1. The molecule has 17 heavy (non-hydrogen) atoms. The van der Waals surface area contributed by atoms with Gasteiger partial charge in [-0.25, -0.2) is 9.97 Å². The highest BCUT2D eigenvalue weighted by Gasteiger charge is 2.01. The van der Waals surface area contributed by atoms with Gasteiger partial charge in [0, 0.05) is 12.6 Å². The molecule has 6 heteroatoms. The molecule has 0 bridgehead atoms. The van der Waals surface area contributed by atoms with Crippen molar-refractivity contribution >= 4 is 29.0 Å². The summed E-state index contributed by atoms with van der Waals surface area (Å²) in [6.45, 7) is 8.43. The lowest BCUT2D eigenvalue weighted by atomic mass is 10.3. The van der Waals surface area contributed by atoms with Crippen molar-refractivity contribution in [2.45, 2.75) is 20.3 Å². The van der Waals surface area contributed by atoms with Gasteiger partial charge in [-0.2, -0.15) is 0 Å².